The number of carbonyl (C=O) groups excluding carboxylic acids is 1. The minimum atomic E-state index is -0.0370. The second-order valence-electron chi connectivity index (χ2n) is 3.32. The maximum absolute atomic E-state index is 10.1. The van der Waals surface area contributed by atoms with Crippen molar-refractivity contribution in [1.82, 2.24) is 5.32 Å². The van der Waals surface area contributed by atoms with Crippen LogP contribution in [0.3, 0.4) is 0 Å². The van der Waals surface area contributed by atoms with Crippen molar-refractivity contribution in [2.45, 2.75) is 39.3 Å². The van der Waals surface area contributed by atoms with Crippen LogP contribution in [0.4, 0.5) is 0 Å². The van der Waals surface area contributed by atoms with Crippen molar-refractivity contribution in [3.8, 4) is 0 Å². The quantitative estimate of drug-likeness (QED) is 0.563. The molecule has 2 heteroatoms. The molecule has 9 heavy (non-hydrogen) atoms. The van der Waals surface area contributed by atoms with Gasteiger partial charge in [0.15, 0.2) is 0 Å². The summed E-state index contributed by atoms with van der Waals surface area (Å²) in [6, 6.07) is -0.0370. The zero-order valence-electron chi connectivity index (χ0n) is 6.56. The van der Waals surface area contributed by atoms with Crippen molar-refractivity contribution < 1.29 is 4.79 Å². The van der Waals surface area contributed by atoms with Gasteiger partial charge in [0, 0.05) is 5.54 Å². The van der Waals surface area contributed by atoms with Crippen molar-refractivity contribution in [3.63, 3.8) is 0 Å². The summed E-state index contributed by atoms with van der Waals surface area (Å²) in [6.07, 6.45) is 0.908. The van der Waals surface area contributed by atoms with Gasteiger partial charge in [-0.05, 0) is 27.7 Å². The summed E-state index contributed by atoms with van der Waals surface area (Å²) in [4.78, 5) is 10.1. The third kappa shape index (κ3) is 5.50. The molecule has 0 aromatic rings. The van der Waals surface area contributed by atoms with Crippen LogP contribution in [-0.2, 0) is 4.79 Å². The molecule has 0 amide bonds. The highest BCUT2D eigenvalue weighted by atomic mass is 16.1. The number of rotatable bonds is 2. The Bertz CT molecular complexity index is 93.6. The SMILES string of the molecule is C[C@H](C=O)NC(C)(C)C. The molecule has 0 aliphatic carbocycles. The maximum atomic E-state index is 10.1. The summed E-state index contributed by atoms with van der Waals surface area (Å²) in [5.74, 6) is 0. The summed E-state index contributed by atoms with van der Waals surface area (Å²) < 4.78 is 0. The first-order valence-electron chi connectivity index (χ1n) is 3.19. The summed E-state index contributed by atoms with van der Waals surface area (Å²) in [6.45, 7) is 7.95. The van der Waals surface area contributed by atoms with Gasteiger partial charge in [0.2, 0.25) is 0 Å². The number of aldehydes is 1. The van der Waals surface area contributed by atoms with Crippen LogP contribution in [0.2, 0.25) is 0 Å². The van der Waals surface area contributed by atoms with E-state index in [0.29, 0.717) is 0 Å². The second kappa shape index (κ2) is 2.97. The van der Waals surface area contributed by atoms with Crippen LogP contribution >= 0.6 is 0 Å². The molecule has 1 N–H and O–H groups in total. The van der Waals surface area contributed by atoms with E-state index in [9.17, 15) is 4.79 Å². The van der Waals surface area contributed by atoms with Gasteiger partial charge in [0.1, 0.15) is 6.29 Å². The lowest BCUT2D eigenvalue weighted by Gasteiger charge is -2.22. The first-order chi connectivity index (χ1) is 3.95. The Balaban J connectivity index is 3.59. The molecule has 0 aliphatic heterocycles. The predicted octanol–water partition coefficient (Wildman–Crippen LogP) is 0.962. The van der Waals surface area contributed by atoms with E-state index in [4.69, 9.17) is 0 Å². The third-order valence-electron chi connectivity index (χ3n) is 0.865. The molecule has 2 nitrogen and oxygen atoms in total. The van der Waals surface area contributed by atoms with Gasteiger partial charge in [-0.1, -0.05) is 0 Å². The Hall–Kier alpha value is -0.370. The lowest BCUT2D eigenvalue weighted by Crippen LogP contribution is -2.42. The monoisotopic (exact) mass is 129 g/mol. The molecular weight excluding hydrogens is 114 g/mol. The Morgan fingerprint density at radius 1 is 1.44 bits per heavy atom. The number of hydrogen-bond donors (Lipinski definition) is 1. The lowest BCUT2D eigenvalue weighted by molar-refractivity contribution is -0.109. The van der Waals surface area contributed by atoms with Crippen LogP contribution in [0, 0.1) is 0 Å². The van der Waals surface area contributed by atoms with Gasteiger partial charge in [0.05, 0.1) is 6.04 Å². The molecule has 0 radical (unpaired) electrons. The second-order valence-corrected chi connectivity index (χ2v) is 3.32. The van der Waals surface area contributed by atoms with Gasteiger partial charge in [-0.3, -0.25) is 0 Å². The highest BCUT2D eigenvalue weighted by Gasteiger charge is 2.11. The van der Waals surface area contributed by atoms with E-state index in [1.165, 1.54) is 0 Å². The molecule has 0 heterocycles. The molecule has 54 valence electrons. The van der Waals surface area contributed by atoms with Gasteiger partial charge >= 0.3 is 0 Å². The van der Waals surface area contributed by atoms with Gasteiger partial charge in [-0.25, -0.2) is 0 Å². The first kappa shape index (κ1) is 8.63. The van der Waals surface area contributed by atoms with Gasteiger partial charge in [-0.15, -0.1) is 0 Å². The van der Waals surface area contributed by atoms with Gasteiger partial charge in [0.25, 0.3) is 0 Å². The number of hydrogen-bond acceptors (Lipinski definition) is 2. The zero-order chi connectivity index (χ0) is 7.49. The van der Waals surface area contributed by atoms with Crippen molar-refractivity contribution >= 4 is 6.29 Å². The predicted molar refractivity (Wildman–Crippen MR) is 38.4 cm³/mol. The molecule has 0 spiro atoms. The van der Waals surface area contributed by atoms with Crippen molar-refractivity contribution in [2.24, 2.45) is 0 Å². The van der Waals surface area contributed by atoms with E-state index >= 15 is 0 Å². The van der Waals surface area contributed by atoms with Crippen molar-refractivity contribution in [2.75, 3.05) is 0 Å². The summed E-state index contributed by atoms with van der Waals surface area (Å²) >= 11 is 0. The molecule has 0 aliphatic rings. The zero-order valence-corrected chi connectivity index (χ0v) is 6.56. The van der Waals surface area contributed by atoms with Crippen LogP contribution in [0.15, 0.2) is 0 Å². The minimum absolute atomic E-state index is 0.0370. The standard InChI is InChI=1S/C7H15NO/c1-6(5-9)8-7(2,3)4/h5-6,8H,1-4H3/t6-/m1/s1. The lowest BCUT2D eigenvalue weighted by atomic mass is 10.1. The fourth-order valence-corrected chi connectivity index (χ4v) is 0.717. The van der Waals surface area contributed by atoms with Gasteiger partial charge in [-0.2, -0.15) is 0 Å². The maximum Gasteiger partial charge on any atom is 0.136 e. The van der Waals surface area contributed by atoms with E-state index in [-0.39, 0.29) is 11.6 Å². The Morgan fingerprint density at radius 3 is 2.00 bits per heavy atom. The Kier molecular flexibility index (Phi) is 2.85. The Morgan fingerprint density at radius 2 is 1.89 bits per heavy atom. The van der Waals surface area contributed by atoms with Crippen molar-refractivity contribution in [1.29, 1.82) is 0 Å². The molecular formula is C7H15NO. The average Bonchev–Trinajstić information content (AvgIpc) is 1.62. The van der Waals surface area contributed by atoms with Crippen LogP contribution in [-0.4, -0.2) is 17.9 Å². The van der Waals surface area contributed by atoms with Crippen LogP contribution in [0.1, 0.15) is 27.7 Å². The highest BCUT2D eigenvalue weighted by molar-refractivity contribution is 5.56. The molecule has 1 atom stereocenters. The number of nitrogens with one attached hydrogen (secondary N) is 1. The molecule has 0 saturated heterocycles. The summed E-state index contributed by atoms with van der Waals surface area (Å²) in [5, 5.41) is 3.10. The van der Waals surface area contributed by atoms with E-state index < -0.39 is 0 Å². The smallest absolute Gasteiger partial charge is 0.136 e. The van der Waals surface area contributed by atoms with E-state index in [1.54, 1.807) is 0 Å². The van der Waals surface area contributed by atoms with Crippen LogP contribution in [0.25, 0.3) is 0 Å². The fourth-order valence-electron chi connectivity index (χ4n) is 0.717. The highest BCUT2D eigenvalue weighted by Crippen LogP contribution is 1.98. The molecule has 0 bridgehead atoms. The first-order valence-corrected chi connectivity index (χ1v) is 3.19. The summed E-state index contributed by atoms with van der Waals surface area (Å²) in [7, 11) is 0. The molecule has 0 saturated carbocycles. The van der Waals surface area contributed by atoms with E-state index in [2.05, 4.69) is 5.32 Å². The third-order valence-corrected chi connectivity index (χ3v) is 0.865. The Labute approximate surface area is 56.6 Å². The molecule has 0 unspecified atom stereocenters. The normalized spacial score (nSPS) is 15.1. The number of carbonyl (C=O) groups is 1. The van der Waals surface area contributed by atoms with Crippen LogP contribution < -0.4 is 5.32 Å². The van der Waals surface area contributed by atoms with Crippen molar-refractivity contribution in [3.05, 3.63) is 0 Å². The minimum Gasteiger partial charge on any atom is -0.303 e. The molecule has 0 aromatic heterocycles. The van der Waals surface area contributed by atoms with Gasteiger partial charge < -0.3 is 10.1 Å². The van der Waals surface area contributed by atoms with E-state index in [0.717, 1.165) is 6.29 Å². The summed E-state index contributed by atoms with van der Waals surface area (Å²) in [5.41, 5.74) is 0.0420. The molecule has 0 rings (SSSR count). The largest absolute Gasteiger partial charge is 0.303 e. The van der Waals surface area contributed by atoms with Crippen LogP contribution in [0.5, 0.6) is 0 Å². The topological polar surface area (TPSA) is 29.1 Å². The molecule has 0 aromatic carbocycles. The van der Waals surface area contributed by atoms with E-state index in [1.807, 2.05) is 27.7 Å². The molecule has 0 fully saturated rings. The fraction of sp³-hybridized carbons (Fsp3) is 0.857. The average molecular weight is 129 g/mol.